The minimum atomic E-state index is 0.428. The summed E-state index contributed by atoms with van der Waals surface area (Å²) in [4.78, 5) is 7.70. The van der Waals surface area contributed by atoms with E-state index in [0.29, 0.717) is 6.61 Å². The summed E-state index contributed by atoms with van der Waals surface area (Å²) in [5.41, 5.74) is 0. The monoisotopic (exact) mass is 88.0 g/mol. The molecule has 0 aliphatic heterocycles. The third-order valence-electron chi connectivity index (χ3n) is 0.205. The summed E-state index contributed by atoms with van der Waals surface area (Å²) in [7, 11) is 4.37. The van der Waals surface area contributed by atoms with Crippen LogP contribution < -0.4 is 0 Å². The van der Waals surface area contributed by atoms with E-state index in [1.807, 2.05) is 0 Å². The van der Waals surface area contributed by atoms with E-state index in [-0.39, 0.29) is 0 Å². The molecule has 0 aromatic rings. The largest absolute Gasteiger partial charge is 0.342 e. The molecule has 4 heteroatoms. The molecule has 0 aromatic heterocycles. The molecule has 0 rings (SSSR count). The summed E-state index contributed by atoms with van der Waals surface area (Å²) in [6, 6.07) is 0. The predicted octanol–water partition coefficient (Wildman–Crippen LogP) is -0.0304. The Hall–Kier alpha value is -0.0551. The van der Waals surface area contributed by atoms with Crippen molar-refractivity contribution < 1.29 is 14.7 Å². The standard InChI is InChI=1S/C2H5BO3/c1-2-4-6-5-3/h2H2,1H3. The molecule has 6 heavy (non-hydrogen) atoms. The van der Waals surface area contributed by atoms with Crippen LogP contribution in [-0.2, 0) is 14.7 Å². The van der Waals surface area contributed by atoms with E-state index in [4.69, 9.17) is 0 Å². The minimum absolute atomic E-state index is 0.428. The van der Waals surface area contributed by atoms with Crippen LogP contribution in [0, 0.1) is 0 Å². The maximum atomic E-state index is 4.37. The van der Waals surface area contributed by atoms with Gasteiger partial charge in [-0.25, -0.2) is 4.89 Å². The molecule has 0 saturated carbocycles. The van der Waals surface area contributed by atoms with Crippen molar-refractivity contribution in [1.29, 1.82) is 0 Å². The average Bonchev–Trinajstić information content (AvgIpc) is 1.61. The lowest BCUT2D eigenvalue weighted by Gasteiger charge is -1.91. The summed E-state index contributed by atoms with van der Waals surface area (Å²) in [6.45, 7) is 2.18. The van der Waals surface area contributed by atoms with Crippen LogP contribution in [0.3, 0.4) is 0 Å². The van der Waals surface area contributed by atoms with Crippen molar-refractivity contribution in [1.82, 2.24) is 0 Å². The van der Waals surface area contributed by atoms with Crippen LogP contribution in [0.5, 0.6) is 0 Å². The predicted molar refractivity (Wildman–Crippen MR) is 19.5 cm³/mol. The highest BCUT2D eigenvalue weighted by molar-refractivity contribution is 5.97. The third kappa shape index (κ3) is 3.94. The van der Waals surface area contributed by atoms with Gasteiger partial charge in [-0.3, -0.25) is 4.81 Å². The normalized spacial score (nSPS) is 8.83. The molecule has 0 heterocycles. The second-order valence-electron chi connectivity index (χ2n) is 0.571. The molecule has 0 spiro atoms. The Labute approximate surface area is 37.5 Å². The van der Waals surface area contributed by atoms with E-state index in [2.05, 4.69) is 22.8 Å². The maximum Gasteiger partial charge on any atom is 0.342 e. The van der Waals surface area contributed by atoms with Crippen molar-refractivity contribution in [2.75, 3.05) is 6.61 Å². The Morgan fingerprint density at radius 1 is 1.67 bits per heavy atom. The van der Waals surface area contributed by atoms with E-state index in [0.717, 1.165) is 0 Å². The van der Waals surface area contributed by atoms with Gasteiger partial charge in [0.1, 0.15) is 0 Å². The van der Waals surface area contributed by atoms with Gasteiger partial charge in [0.2, 0.25) is 0 Å². The molecule has 0 atom stereocenters. The van der Waals surface area contributed by atoms with Gasteiger partial charge in [0.05, 0.1) is 6.61 Å². The van der Waals surface area contributed by atoms with Gasteiger partial charge < -0.3 is 0 Å². The molecule has 3 nitrogen and oxygen atoms in total. The summed E-state index contributed by atoms with van der Waals surface area (Å²) >= 11 is 0. The summed E-state index contributed by atoms with van der Waals surface area (Å²) in [6.07, 6.45) is 0. The number of hydrogen-bond acceptors (Lipinski definition) is 3. The van der Waals surface area contributed by atoms with Gasteiger partial charge >= 0.3 is 8.05 Å². The molecular formula is C2H5BO3. The van der Waals surface area contributed by atoms with E-state index in [9.17, 15) is 0 Å². The summed E-state index contributed by atoms with van der Waals surface area (Å²) in [5, 5.41) is 3.76. The third-order valence-corrected chi connectivity index (χ3v) is 0.205. The van der Waals surface area contributed by atoms with Crippen LogP contribution in [0.15, 0.2) is 0 Å². The van der Waals surface area contributed by atoms with Gasteiger partial charge in [-0.2, -0.15) is 0 Å². The average molecular weight is 87.9 g/mol. The first-order valence-electron chi connectivity index (χ1n) is 1.56. The second kappa shape index (κ2) is 4.94. The van der Waals surface area contributed by atoms with E-state index in [1.165, 1.54) is 0 Å². The molecule has 0 bridgehead atoms. The Kier molecular flexibility index (Phi) is 4.90. The van der Waals surface area contributed by atoms with Crippen molar-refractivity contribution in [3.63, 3.8) is 0 Å². The Bertz CT molecular complexity index is 20.8. The molecule has 0 aromatic carbocycles. The van der Waals surface area contributed by atoms with Gasteiger partial charge in [-0.1, -0.05) is 5.04 Å². The van der Waals surface area contributed by atoms with E-state index >= 15 is 0 Å². The number of rotatable bonds is 3. The molecule has 0 saturated heterocycles. The second-order valence-corrected chi connectivity index (χ2v) is 0.571. The SMILES string of the molecule is [B]OOOCC. The van der Waals surface area contributed by atoms with Crippen LogP contribution in [0.25, 0.3) is 0 Å². The van der Waals surface area contributed by atoms with E-state index < -0.39 is 0 Å². The van der Waals surface area contributed by atoms with Gasteiger partial charge in [0.25, 0.3) is 0 Å². The van der Waals surface area contributed by atoms with Gasteiger partial charge in [-0.05, 0) is 6.92 Å². The molecule has 34 valence electrons. The fourth-order valence-corrected chi connectivity index (χ4v) is 0.0759. The van der Waals surface area contributed by atoms with Crippen LogP contribution >= 0.6 is 0 Å². The first-order chi connectivity index (χ1) is 2.91. The fraction of sp³-hybridized carbons (Fsp3) is 1.00. The highest BCUT2D eigenvalue weighted by Gasteiger charge is 1.72. The highest BCUT2D eigenvalue weighted by atomic mass is 17.5. The Morgan fingerprint density at radius 3 is 2.50 bits per heavy atom. The molecule has 0 fully saturated rings. The van der Waals surface area contributed by atoms with Crippen molar-refractivity contribution in [3.05, 3.63) is 0 Å². The smallest absolute Gasteiger partial charge is 0.289 e. The summed E-state index contributed by atoms with van der Waals surface area (Å²) in [5.74, 6) is 0. The van der Waals surface area contributed by atoms with Crippen LogP contribution in [0.1, 0.15) is 6.92 Å². The van der Waals surface area contributed by atoms with Gasteiger partial charge in [0.15, 0.2) is 0 Å². The molecular weight excluding hydrogens is 82.8 g/mol. The lowest BCUT2D eigenvalue weighted by atomic mass is 10.6. The molecule has 0 N–H and O–H groups in total. The Balaban J connectivity index is 2.34. The van der Waals surface area contributed by atoms with Gasteiger partial charge in [-0.15, -0.1) is 0 Å². The first kappa shape index (κ1) is 5.94. The van der Waals surface area contributed by atoms with Crippen molar-refractivity contribution in [2.45, 2.75) is 6.92 Å². The van der Waals surface area contributed by atoms with Crippen molar-refractivity contribution in [2.24, 2.45) is 0 Å². The van der Waals surface area contributed by atoms with Gasteiger partial charge in [0, 0.05) is 0 Å². The molecule has 0 aliphatic carbocycles. The lowest BCUT2D eigenvalue weighted by Crippen LogP contribution is -1.90. The molecule has 0 amide bonds. The fourth-order valence-electron chi connectivity index (χ4n) is 0.0759. The van der Waals surface area contributed by atoms with Crippen molar-refractivity contribution in [3.8, 4) is 0 Å². The quantitative estimate of drug-likeness (QED) is 0.210. The lowest BCUT2D eigenvalue weighted by molar-refractivity contribution is -0.465. The highest BCUT2D eigenvalue weighted by Crippen LogP contribution is 1.71. The molecule has 2 radical (unpaired) electrons. The van der Waals surface area contributed by atoms with Crippen LogP contribution in [-0.4, -0.2) is 14.7 Å². The maximum absolute atomic E-state index is 4.37. The Morgan fingerprint density at radius 2 is 2.33 bits per heavy atom. The zero-order chi connectivity index (χ0) is 4.83. The summed E-state index contributed by atoms with van der Waals surface area (Å²) < 4.78 is 0. The molecule has 0 unspecified atom stereocenters. The zero-order valence-electron chi connectivity index (χ0n) is 3.51. The zero-order valence-corrected chi connectivity index (χ0v) is 3.51. The van der Waals surface area contributed by atoms with Crippen LogP contribution in [0.2, 0.25) is 0 Å². The topological polar surface area (TPSA) is 27.7 Å². The van der Waals surface area contributed by atoms with E-state index in [1.54, 1.807) is 6.92 Å². The number of hydrogen-bond donors (Lipinski definition) is 0. The van der Waals surface area contributed by atoms with Crippen molar-refractivity contribution >= 4 is 8.05 Å². The minimum Gasteiger partial charge on any atom is -0.289 e. The molecule has 0 aliphatic rings. The van der Waals surface area contributed by atoms with Crippen LogP contribution in [0.4, 0.5) is 0 Å². The first-order valence-corrected chi connectivity index (χ1v) is 1.56.